The summed E-state index contributed by atoms with van der Waals surface area (Å²) in [6.07, 6.45) is 9.49. The second-order valence-electron chi connectivity index (χ2n) is 10.3. The number of benzene rings is 2. The molecule has 0 atom stereocenters. The number of hydrogen-bond donors (Lipinski definition) is 2. The van der Waals surface area contributed by atoms with Crippen molar-refractivity contribution in [1.82, 2.24) is 15.2 Å². The molecule has 0 radical (unpaired) electrons. The number of rotatable bonds is 10. The topological polar surface area (TPSA) is 64.9 Å². The monoisotopic (exact) mass is 566 g/mol. The maximum atomic E-state index is 6.76. The van der Waals surface area contributed by atoms with E-state index >= 15 is 0 Å². The molecule has 1 aromatic heterocycles. The molecule has 3 aromatic rings. The fraction of sp³-hybridized carbons (Fsp3) is 0.265. The van der Waals surface area contributed by atoms with Crippen LogP contribution in [0.25, 0.3) is 16.7 Å². The fourth-order valence-electron chi connectivity index (χ4n) is 5.11. The Bertz CT molecular complexity index is 1450. The maximum absolute atomic E-state index is 6.76. The van der Waals surface area contributed by atoms with Crippen molar-refractivity contribution in [3.05, 3.63) is 113 Å². The number of amidine groups is 1. The molecule has 0 spiro atoms. The third-order valence-electron chi connectivity index (χ3n) is 7.45. The number of piperidine rings is 1. The van der Waals surface area contributed by atoms with Crippen LogP contribution in [0, 0.1) is 6.92 Å². The Labute approximate surface area is 249 Å². The van der Waals surface area contributed by atoms with Crippen LogP contribution in [0.1, 0.15) is 42.5 Å². The fourth-order valence-corrected chi connectivity index (χ4v) is 5.44. The van der Waals surface area contributed by atoms with Gasteiger partial charge in [-0.05, 0) is 118 Å². The lowest BCUT2D eigenvalue weighted by Crippen LogP contribution is -2.29. The quantitative estimate of drug-likeness (QED) is 0.150. The van der Waals surface area contributed by atoms with E-state index in [-0.39, 0.29) is 0 Å². The van der Waals surface area contributed by atoms with Crippen molar-refractivity contribution < 1.29 is 0 Å². The molecule has 1 saturated heterocycles. The summed E-state index contributed by atoms with van der Waals surface area (Å²) in [7, 11) is 2.19. The molecule has 0 amide bonds. The van der Waals surface area contributed by atoms with Crippen LogP contribution in [0.4, 0.5) is 5.69 Å². The first-order chi connectivity index (χ1) is 19.9. The van der Waals surface area contributed by atoms with Crippen molar-refractivity contribution in [2.45, 2.75) is 32.6 Å². The van der Waals surface area contributed by atoms with E-state index in [0.717, 1.165) is 52.3 Å². The number of halogens is 1. The third-order valence-corrected chi connectivity index (χ3v) is 7.76. The Morgan fingerprint density at radius 2 is 1.90 bits per heavy atom. The summed E-state index contributed by atoms with van der Waals surface area (Å²) < 4.78 is 0. The van der Waals surface area contributed by atoms with E-state index < -0.39 is 0 Å². The number of aryl methyl sites for hydroxylation is 1. The van der Waals surface area contributed by atoms with Gasteiger partial charge in [-0.15, -0.1) is 0 Å². The maximum Gasteiger partial charge on any atom is 0.135 e. The zero-order valence-electron chi connectivity index (χ0n) is 24.2. The summed E-state index contributed by atoms with van der Waals surface area (Å²) in [6.45, 7) is 14.2. The number of nitrogens with zero attached hydrogens (tertiary/aromatic N) is 4. The summed E-state index contributed by atoms with van der Waals surface area (Å²) in [5.74, 6) is 1.26. The highest BCUT2D eigenvalue weighted by Gasteiger charge is 2.18. The highest BCUT2D eigenvalue weighted by Crippen LogP contribution is 2.31. The number of anilines is 1. The van der Waals surface area contributed by atoms with E-state index in [1.54, 1.807) is 18.6 Å². The van der Waals surface area contributed by atoms with Crippen LogP contribution >= 0.6 is 11.6 Å². The second kappa shape index (κ2) is 14.6. The van der Waals surface area contributed by atoms with Gasteiger partial charge in [0.05, 0.1) is 0 Å². The Balaban J connectivity index is 1.48. The van der Waals surface area contributed by atoms with Gasteiger partial charge in [0.1, 0.15) is 12.5 Å². The minimum Gasteiger partial charge on any atom is -0.366 e. The van der Waals surface area contributed by atoms with Crippen LogP contribution in [0.5, 0.6) is 0 Å². The zero-order valence-corrected chi connectivity index (χ0v) is 25.0. The molecule has 6 nitrogen and oxygen atoms in total. The molecule has 0 saturated carbocycles. The van der Waals surface area contributed by atoms with Crippen LogP contribution in [0.3, 0.4) is 0 Å². The van der Waals surface area contributed by atoms with E-state index in [4.69, 9.17) is 16.6 Å². The Morgan fingerprint density at radius 3 is 2.56 bits per heavy atom. The van der Waals surface area contributed by atoms with Crippen molar-refractivity contribution in [2.24, 2.45) is 9.98 Å². The molecular formula is C34H39ClN6. The van der Waals surface area contributed by atoms with Crippen LogP contribution in [0.15, 0.2) is 101 Å². The summed E-state index contributed by atoms with van der Waals surface area (Å²) >= 11 is 6.76. The van der Waals surface area contributed by atoms with E-state index in [1.807, 2.05) is 38.1 Å². The largest absolute Gasteiger partial charge is 0.366 e. The Hall–Kier alpha value is -4.00. The van der Waals surface area contributed by atoms with Gasteiger partial charge in [-0.3, -0.25) is 9.98 Å². The average molecular weight is 567 g/mol. The van der Waals surface area contributed by atoms with Crippen molar-refractivity contribution >= 4 is 35.4 Å². The van der Waals surface area contributed by atoms with Crippen LogP contribution < -0.4 is 10.6 Å². The lowest BCUT2D eigenvalue weighted by molar-refractivity contribution is 0.255. The van der Waals surface area contributed by atoms with Gasteiger partial charge >= 0.3 is 0 Å². The SMILES string of the molecule is C=CNC(=N/CNc1ccc(C2CCN(C)CC2)cc1)/C(=C\N=C)/C=C(\C)c1ccc(-c2cccnc2C)cc1Cl. The summed E-state index contributed by atoms with van der Waals surface area (Å²) in [4.78, 5) is 15.6. The number of pyridine rings is 1. The molecule has 1 aliphatic heterocycles. The van der Waals surface area contributed by atoms with Crippen molar-refractivity contribution in [3.63, 3.8) is 0 Å². The first kappa shape index (κ1) is 30.0. The number of hydrogen-bond acceptors (Lipinski definition) is 5. The molecular weight excluding hydrogens is 528 g/mol. The molecule has 0 aliphatic carbocycles. The summed E-state index contributed by atoms with van der Waals surface area (Å²) in [6, 6.07) is 18.8. The standard InChI is InChI=1S/C34H39ClN6/c1-6-37-34(40-23-39-30-12-9-26(10-13-30)27-15-18-41(5)19-16-27)29(22-36-4)20-24(2)31-14-11-28(21-33(31)35)32-8-7-17-38-25(32)3/h6-14,17,20-22,27,39H,1,4,15-16,18-19,23H2,2-3,5H3,(H,37,40)/b24-20+,29-22-. The number of likely N-dealkylation sites (tertiary alicyclic amines) is 1. The lowest BCUT2D eigenvalue weighted by Gasteiger charge is -2.29. The number of aromatic nitrogens is 1. The summed E-state index contributed by atoms with van der Waals surface area (Å²) in [5, 5.41) is 7.20. The molecule has 212 valence electrons. The lowest BCUT2D eigenvalue weighted by atomic mass is 9.89. The van der Waals surface area contributed by atoms with Gasteiger partial charge in [0.15, 0.2) is 0 Å². The number of aliphatic imine (C=N–C) groups is 2. The van der Waals surface area contributed by atoms with Gasteiger partial charge in [0.25, 0.3) is 0 Å². The van der Waals surface area contributed by atoms with Gasteiger partial charge in [0, 0.05) is 39.9 Å². The van der Waals surface area contributed by atoms with Crippen molar-refractivity contribution in [3.8, 4) is 11.1 Å². The highest BCUT2D eigenvalue weighted by atomic mass is 35.5. The van der Waals surface area contributed by atoms with Gasteiger partial charge in [-0.25, -0.2) is 4.99 Å². The molecule has 1 aliphatic rings. The Kier molecular flexibility index (Phi) is 10.7. The minimum absolute atomic E-state index is 0.380. The first-order valence-electron chi connectivity index (χ1n) is 13.9. The normalized spacial score (nSPS) is 15.5. The minimum atomic E-state index is 0.380. The number of allylic oxidation sites excluding steroid dienone is 1. The van der Waals surface area contributed by atoms with Crippen LogP contribution in [-0.2, 0) is 0 Å². The number of nitrogens with one attached hydrogen (secondary N) is 2. The van der Waals surface area contributed by atoms with Gasteiger partial charge in [-0.1, -0.05) is 48.5 Å². The van der Waals surface area contributed by atoms with Gasteiger partial charge < -0.3 is 15.5 Å². The zero-order chi connectivity index (χ0) is 29.2. The molecule has 41 heavy (non-hydrogen) atoms. The average Bonchev–Trinajstić information content (AvgIpc) is 2.97. The predicted molar refractivity (Wildman–Crippen MR) is 176 cm³/mol. The molecule has 0 bridgehead atoms. The van der Waals surface area contributed by atoms with Gasteiger partial charge in [-0.2, -0.15) is 0 Å². The smallest absolute Gasteiger partial charge is 0.135 e. The van der Waals surface area contributed by atoms with E-state index in [9.17, 15) is 0 Å². The van der Waals surface area contributed by atoms with Crippen molar-refractivity contribution in [1.29, 1.82) is 0 Å². The van der Waals surface area contributed by atoms with E-state index in [2.05, 4.69) is 82.3 Å². The molecule has 0 unspecified atom stereocenters. The van der Waals surface area contributed by atoms with Gasteiger partial charge in [0.2, 0.25) is 0 Å². The highest BCUT2D eigenvalue weighted by molar-refractivity contribution is 6.32. The molecule has 2 heterocycles. The first-order valence-corrected chi connectivity index (χ1v) is 14.3. The molecule has 7 heteroatoms. The predicted octanol–water partition coefficient (Wildman–Crippen LogP) is 7.71. The third kappa shape index (κ3) is 8.03. The molecule has 4 rings (SSSR count). The molecule has 2 aromatic carbocycles. The molecule has 2 N–H and O–H groups in total. The Morgan fingerprint density at radius 1 is 1.15 bits per heavy atom. The summed E-state index contributed by atoms with van der Waals surface area (Å²) in [5.41, 5.74) is 8.14. The molecule has 1 fully saturated rings. The van der Waals surface area contributed by atoms with Crippen LogP contribution in [0.2, 0.25) is 5.02 Å². The van der Waals surface area contributed by atoms with E-state index in [1.165, 1.54) is 18.4 Å². The second-order valence-corrected chi connectivity index (χ2v) is 10.7. The van der Waals surface area contributed by atoms with Crippen LogP contribution in [-0.4, -0.2) is 49.2 Å². The van der Waals surface area contributed by atoms with Crippen molar-refractivity contribution in [2.75, 3.05) is 32.1 Å². The van der Waals surface area contributed by atoms with E-state index in [0.29, 0.717) is 23.4 Å².